The van der Waals surface area contributed by atoms with Gasteiger partial charge in [0.2, 0.25) is 5.91 Å². The Kier molecular flexibility index (Phi) is 7.03. The van der Waals surface area contributed by atoms with Crippen LogP contribution in [0.25, 0.3) is 0 Å². The molecule has 0 atom stereocenters. The van der Waals surface area contributed by atoms with Gasteiger partial charge in [-0.3, -0.25) is 4.79 Å². The highest BCUT2D eigenvalue weighted by Gasteiger charge is 2.35. The average Bonchev–Trinajstić information content (AvgIpc) is 2.56. The molecule has 1 heterocycles. The summed E-state index contributed by atoms with van der Waals surface area (Å²) < 4.78 is 0. The van der Waals surface area contributed by atoms with E-state index in [1.54, 1.807) is 0 Å². The van der Waals surface area contributed by atoms with E-state index in [1.807, 2.05) is 44.2 Å². The van der Waals surface area contributed by atoms with Crippen LogP contribution in [0, 0.1) is 13.8 Å². The van der Waals surface area contributed by atoms with Gasteiger partial charge in [-0.25, -0.2) is 9.97 Å². The minimum Gasteiger partial charge on any atom is -0.324 e. The second-order valence-electron chi connectivity index (χ2n) is 6.73. The van der Waals surface area contributed by atoms with Crippen molar-refractivity contribution in [3.63, 3.8) is 0 Å². The van der Waals surface area contributed by atoms with Crippen molar-refractivity contribution in [1.82, 2.24) is 9.97 Å². The zero-order valence-corrected chi connectivity index (χ0v) is 16.8. The fraction of sp³-hybridized carbons (Fsp3) is 0.421. The molecule has 0 saturated heterocycles. The van der Waals surface area contributed by atoms with Crippen LogP contribution in [0.4, 0.5) is 5.69 Å². The molecule has 0 aliphatic heterocycles. The molecular formula is C19H25ClN4OS. The van der Waals surface area contributed by atoms with Crippen LogP contribution in [-0.4, -0.2) is 21.4 Å². The molecule has 0 bridgehead atoms. The number of hydrogen-bond donors (Lipinski definition) is 2. The Bertz CT molecular complexity index is 740. The quantitative estimate of drug-likeness (QED) is 0.759. The summed E-state index contributed by atoms with van der Waals surface area (Å²) in [6, 6.07) is 9.68. The third kappa shape index (κ3) is 5.19. The maximum absolute atomic E-state index is 12.5. The first-order valence-corrected chi connectivity index (χ1v) is 9.47. The van der Waals surface area contributed by atoms with Crippen molar-refractivity contribution >= 4 is 35.8 Å². The van der Waals surface area contributed by atoms with Gasteiger partial charge in [-0.2, -0.15) is 0 Å². The maximum Gasteiger partial charge on any atom is 0.244 e. The Balaban J connectivity index is 0.00000243. The van der Waals surface area contributed by atoms with Crippen molar-refractivity contribution in [2.45, 2.75) is 61.5 Å². The third-order valence-electron chi connectivity index (χ3n) is 4.48. The monoisotopic (exact) mass is 392 g/mol. The van der Waals surface area contributed by atoms with Gasteiger partial charge in [0.15, 0.2) is 5.16 Å². The van der Waals surface area contributed by atoms with Crippen molar-refractivity contribution in [1.29, 1.82) is 0 Å². The number of nitrogens with zero attached hydrogens (tertiary/aromatic N) is 2. The van der Waals surface area contributed by atoms with E-state index in [0.29, 0.717) is 0 Å². The molecule has 3 rings (SSSR count). The molecule has 1 amide bonds. The Morgan fingerprint density at radius 1 is 1.08 bits per heavy atom. The van der Waals surface area contributed by atoms with Crippen molar-refractivity contribution in [3.05, 3.63) is 41.7 Å². The second kappa shape index (κ2) is 8.84. The molecule has 26 heavy (non-hydrogen) atoms. The van der Waals surface area contributed by atoms with E-state index in [-0.39, 0.29) is 18.3 Å². The molecule has 3 N–H and O–H groups in total. The highest BCUT2D eigenvalue weighted by atomic mass is 35.5. The number of benzene rings is 1. The van der Waals surface area contributed by atoms with E-state index in [9.17, 15) is 4.79 Å². The number of aryl methyl sites for hydroxylation is 2. The molecule has 1 saturated carbocycles. The molecule has 5 nitrogen and oxygen atoms in total. The first-order chi connectivity index (χ1) is 11.9. The van der Waals surface area contributed by atoms with Crippen LogP contribution in [0.2, 0.25) is 0 Å². The number of nitrogens with two attached hydrogens (primary N) is 1. The predicted octanol–water partition coefficient (Wildman–Crippen LogP) is 4.27. The Labute approximate surface area is 165 Å². The second-order valence-corrected chi connectivity index (χ2v) is 7.77. The first kappa shape index (κ1) is 20.7. The van der Waals surface area contributed by atoms with E-state index in [1.165, 1.54) is 18.2 Å². The summed E-state index contributed by atoms with van der Waals surface area (Å²) in [5.74, 6) is -0.0785. The number of aromatic nitrogens is 2. The number of nitrogens with one attached hydrogen (secondary N) is 1. The smallest absolute Gasteiger partial charge is 0.244 e. The normalized spacial score (nSPS) is 15.8. The van der Waals surface area contributed by atoms with E-state index in [0.717, 1.165) is 52.8 Å². The lowest BCUT2D eigenvalue weighted by atomic mass is 9.82. The summed E-state index contributed by atoms with van der Waals surface area (Å²) in [6.45, 7) is 3.93. The van der Waals surface area contributed by atoms with Gasteiger partial charge in [-0.15, -0.1) is 12.4 Å². The zero-order chi connectivity index (χ0) is 17.9. The van der Waals surface area contributed by atoms with Gasteiger partial charge < -0.3 is 11.1 Å². The molecular weight excluding hydrogens is 368 g/mol. The van der Waals surface area contributed by atoms with Crippen LogP contribution in [-0.2, 0) is 4.79 Å². The minimum atomic E-state index is -0.724. The number of amides is 1. The SMILES string of the molecule is Cc1cc(C)nc(Sc2ccc(NC(=O)C3(N)CCCCC3)cc2)n1.Cl. The molecule has 1 fully saturated rings. The third-order valence-corrected chi connectivity index (χ3v) is 5.35. The minimum absolute atomic E-state index is 0. The Morgan fingerprint density at radius 2 is 1.65 bits per heavy atom. The molecule has 140 valence electrons. The van der Waals surface area contributed by atoms with E-state index in [4.69, 9.17) is 5.73 Å². The largest absolute Gasteiger partial charge is 0.324 e. The Hall–Kier alpha value is -1.63. The summed E-state index contributed by atoms with van der Waals surface area (Å²) >= 11 is 1.51. The van der Waals surface area contributed by atoms with Gasteiger partial charge in [0.25, 0.3) is 0 Å². The summed E-state index contributed by atoms with van der Waals surface area (Å²) in [5.41, 5.74) is 8.24. The lowest BCUT2D eigenvalue weighted by Crippen LogP contribution is -2.52. The standard InChI is InChI=1S/C19H24N4OS.ClH/c1-13-12-14(2)22-18(21-13)25-16-8-6-15(7-9-16)23-17(24)19(20)10-4-3-5-11-19;/h6-9,12H,3-5,10-11,20H2,1-2H3,(H,23,24);1H. The number of carbonyl (C=O) groups is 1. The fourth-order valence-electron chi connectivity index (χ4n) is 3.12. The number of hydrogen-bond acceptors (Lipinski definition) is 5. The van der Waals surface area contributed by atoms with Gasteiger partial charge in [-0.1, -0.05) is 19.3 Å². The van der Waals surface area contributed by atoms with Gasteiger partial charge in [0.05, 0.1) is 5.54 Å². The van der Waals surface area contributed by atoms with Crippen LogP contribution in [0.3, 0.4) is 0 Å². The van der Waals surface area contributed by atoms with Crippen molar-refractivity contribution in [2.24, 2.45) is 5.73 Å². The molecule has 1 aliphatic carbocycles. The topological polar surface area (TPSA) is 80.9 Å². The van der Waals surface area contributed by atoms with Crippen LogP contribution in [0.1, 0.15) is 43.5 Å². The van der Waals surface area contributed by atoms with Crippen LogP contribution in [0.5, 0.6) is 0 Å². The van der Waals surface area contributed by atoms with E-state index >= 15 is 0 Å². The highest BCUT2D eigenvalue weighted by Crippen LogP contribution is 2.29. The molecule has 0 unspecified atom stereocenters. The summed E-state index contributed by atoms with van der Waals surface area (Å²) in [7, 11) is 0. The van der Waals surface area contributed by atoms with E-state index in [2.05, 4.69) is 15.3 Å². The lowest BCUT2D eigenvalue weighted by Gasteiger charge is -2.31. The number of anilines is 1. The molecule has 0 radical (unpaired) electrons. The number of carbonyl (C=O) groups excluding carboxylic acids is 1. The van der Waals surface area contributed by atoms with Crippen LogP contribution < -0.4 is 11.1 Å². The predicted molar refractivity (Wildman–Crippen MR) is 108 cm³/mol. The van der Waals surface area contributed by atoms with Crippen molar-refractivity contribution in [2.75, 3.05) is 5.32 Å². The Morgan fingerprint density at radius 3 is 2.23 bits per heavy atom. The number of halogens is 1. The molecule has 2 aromatic rings. The van der Waals surface area contributed by atoms with Gasteiger partial charge in [0, 0.05) is 22.0 Å². The van der Waals surface area contributed by atoms with Gasteiger partial charge in [-0.05, 0) is 68.8 Å². The molecule has 7 heteroatoms. The van der Waals surface area contributed by atoms with Crippen molar-refractivity contribution in [3.8, 4) is 0 Å². The van der Waals surface area contributed by atoms with Gasteiger partial charge >= 0.3 is 0 Å². The van der Waals surface area contributed by atoms with Gasteiger partial charge in [0.1, 0.15) is 0 Å². The van der Waals surface area contributed by atoms with Crippen LogP contribution in [0.15, 0.2) is 40.4 Å². The van der Waals surface area contributed by atoms with Crippen LogP contribution >= 0.6 is 24.2 Å². The summed E-state index contributed by atoms with van der Waals surface area (Å²) in [5, 5.41) is 3.69. The number of rotatable bonds is 4. The molecule has 0 spiro atoms. The maximum atomic E-state index is 12.5. The average molecular weight is 393 g/mol. The zero-order valence-electron chi connectivity index (χ0n) is 15.1. The lowest BCUT2D eigenvalue weighted by molar-refractivity contribution is -0.122. The first-order valence-electron chi connectivity index (χ1n) is 8.65. The molecule has 1 aromatic carbocycles. The fourth-order valence-corrected chi connectivity index (χ4v) is 3.98. The summed E-state index contributed by atoms with van der Waals surface area (Å²) in [6.07, 6.45) is 4.73. The molecule has 1 aliphatic rings. The molecule has 1 aromatic heterocycles. The summed E-state index contributed by atoms with van der Waals surface area (Å²) in [4.78, 5) is 22.4. The highest BCUT2D eigenvalue weighted by molar-refractivity contribution is 7.99. The van der Waals surface area contributed by atoms with E-state index < -0.39 is 5.54 Å². The van der Waals surface area contributed by atoms with Crippen molar-refractivity contribution < 1.29 is 4.79 Å².